The lowest BCUT2D eigenvalue weighted by Crippen LogP contribution is -2.44. The summed E-state index contributed by atoms with van der Waals surface area (Å²) >= 11 is 1.53. The lowest BCUT2D eigenvalue weighted by molar-refractivity contribution is -0.121. The molecule has 2 rings (SSSR count). The van der Waals surface area contributed by atoms with Crippen LogP contribution in [0.4, 0.5) is 0 Å². The second-order valence-electron chi connectivity index (χ2n) is 5.63. The Hall–Kier alpha value is -1.16. The number of hydrogen-bond donors (Lipinski definition) is 2. The van der Waals surface area contributed by atoms with Crippen molar-refractivity contribution in [1.82, 2.24) is 5.32 Å². The van der Waals surface area contributed by atoms with Crippen LogP contribution in [0.15, 0.2) is 29.2 Å². The van der Waals surface area contributed by atoms with Gasteiger partial charge in [-0.3, -0.25) is 4.79 Å². The molecule has 1 aliphatic carbocycles. The number of benzene rings is 1. The monoisotopic (exact) mass is 293 g/mol. The molecule has 0 aromatic heterocycles. The molecule has 3 atom stereocenters. The molecule has 0 saturated heterocycles. The standard InChI is InChI=1S/C16H23NO2S/c1-11-5-3-4-6-15(11)17-16(19)12(2)20-14-9-7-13(18)8-10-14/h7-12,15,18H,3-6H2,1-2H3,(H,17,19). The zero-order valence-corrected chi connectivity index (χ0v) is 13.0. The van der Waals surface area contributed by atoms with E-state index in [1.165, 1.54) is 31.0 Å². The van der Waals surface area contributed by atoms with E-state index >= 15 is 0 Å². The van der Waals surface area contributed by atoms with E-state index in [0.29, 0.717) is 12.0 Å². The van der Waals surface area contributed by atoms with Crippen LogP contribution in [0.25, 0.3) is 0 Å². The molecule has 0 bridgehead atoms. The first kappa shape index (κ1) is 15.2. The van der Waals surface area contributed by atoms with Gasteiger partial charge in [0.25, 0.3) is 0 Å². The zero-order chi connectivity index (χ0) is 14.5. The highest BCUT2D eigenvalue weighted by molar-refractivity contribution is 8.00. The number of thioether (sulfide) groups is 1. The lowest BCUT2D eigenvalue weighted by atomic mass is 9.86. The van der Waals surface area contributed by atoms with Crippen molar-refractivity contribution < 1.29 is 9.90 Å². The first-order valence-corrected chi connectivity index (χ1v) is 8.20. The van der Waals surface area contributed by atoms with E-state index in [0.717, 1.165) is 11.3 Å². The summed E-state index contributed by atoms with van der Waals surface area (Å²) in [5.74, 6) is 0.947. The minimum atomic E-state index is -0.117. The molecule has 1 aliphatic rings. The third-order valence-electron chi connectivity index (χ3n) is 3.96. The van der Waals surface area contributed by atoms with Crippen LogP contribution in [-0.2, 0) is 4.79 Å². The zero-order valence-electron chi connectivity index (χ0n) is 12.1. The fourth-order valence-corrected chi connectivity index (χ4v) is 3.49. The summed E-state index contributed by atoms with van der Waals surface area (Å²) in [6, 6.07) is 7.31. The van der Waals surface area contributed by atoms with E-state index in [2.05, 4.69) is 12.2 Å². The van der Waals surface area contributed by atoms with Crippen molar-refractivity contribution in [2.75, 3.05) is 0 Å². The number of rotatable bonds is 4. The molecule has 4 heteroatoms. The molecule has 1 saturated carbocycles. The van der Waals surface area contributed by atoms with Gasteiger partial charge in [0.15, 0.2) is 0 Å². The molecule has 1 aromatic rings. The van der Waals surface area contributed by atoms with Crippen LogP contribution in [0.1, 0.15) is 39.5 Å². The Morgan fingerprint density at radius 3 is 2.60 bits per heavy atom. The summed E-state index contributed by atoms with van der Waals surface area (Å²) in [5.41, 5.74) is 0. The van der Waals surface area contributed by atoms with E-state index in [-0.39, 0.29) is 16.9 Å². The molecular formula is C16H23NO2S. The summed E-state index contributed by atoms with van der Waals surface area (Å²) in [5, 5.41) is 12.3. The maximum absolute atomic E-state index is 12.2. The Morgan fingerprint density at radius 1 is 1.30 bits per heavy atom. The van der Waals surface area contributed by atoms with Crippen LogP contribution in [0.2, 0.25) is 0 Å². The largest absolute Gasteiger partial charge is 0.508 e. The maximum atomic E-state index is 12.2. The van der Waals surface area contributed by atoms with Gasteiger partial charge in [0.1, 0.15) is 5.75 Å². The molecule has 1 amide bonds. The smallest absolute Gasteiger partial charge is 0.233 e. The Bertz CT molecular complexity index is 446. The van der Waals surface area contributed by atoms with Crippen molar-refractivity contribution in [3.8, 4) is 5.75 Å². The van der Waals surface area contributed by atoms with E-state index in [1.807, 2.05) is 19.1 Å². The van der Waals surface area contributed by atoms with Crippen molar-refractivity contribution in [3.05, 3.63) is 24.3 Å². The van der Waals surface area contributed by atoms with Crippen LogP contribution >= 0.6 is 11.8 Å². The summed E-state index contributed by atoms with van der Waals surface area (Å²) in [6.07, 6.45) is 4.81. The van der Waals surface area contributed by atoms with Gasteiger partial charge in [-0.1, -0.05) is 19.8 Å². The highest BCUT2D eigenvalue weighted by atomic mass is 32.2. The third kappa shape index (κ3) is 4.17. The topological polar surface area (TPSA) is 49.3 Å². The molecule has 3 unspecified atom stereocenters. The van der Waals surface area contributed by atoms with Crippen LogP contribution in [0.3, 0.4) is 0 Å². The number of amides is 1. The van der Waals surface area contributed by atoms with Gasteiger partial charge in [0.2, 0.25) is 5.91 Å². The Kier molecular flexibility index (Phi) is 5.35. The second kappa shape index (κ2) is 7.02. The molecule has 0 heterocycles. The van der Waals surface area contributed by atoms with E-state index in [4.69, 9.17) is 0 Å². The van der Waals surface area contributed by atoms with Crippen molar-refractivity contribution in [2.45, 2.75) is 55.7 Å². The van der Waals surface area contributed by atoms with Gasteiger partial charge < -0.3 is 10.4 Å². The second-order valence-corrected chi connectivity index (χ2v) is 7.05. The van der Waals surface area contributed by atoms with Gasteiger partial charge in [-0.25, -0.2) is 0 Å². The number of phenols is 1. The molecule has 2 N–H and O–H groups in total. The van der Waals surface area contributed by atoms with E-state index in [1.54, 1.807) is 12.1 Å². The van der Waals surface area contributed by atoms with Crippen LogP contribution in [-0.4, -0.2) is 22.3 Å². The van der Waals surface area contributed by atoms with E-state index in [9.17, 15) is 9.90 Å². The quantitative estimate of drug-likeness (QED) is 0.834. The molecule has 3 nitrogen and oxygen atoms in total. The van der Waals surface area contributed by atoms with E-state index < -0.39 is 0 Å². The average Bonchev–Trinajstić information content (AvgIpc) is 2.44. The minimum Gasteiger partial charge on any atom is -0.508 e. The number of carbonyl (C=O) groups excluding carboxylic acids is 1. The molecule has 0 aliphatic heterocycles. The van der Waals surface area contributed by atoms with Crippen LogP contribution in [0, 0.1) is 5.92 Å². The number of carbonyl (C=O) groups is 1. The predicted molar refractivity (Wildman–Crippen MR) is 83.0 cm³/mol. The predicted octanol–water partition coefficient (Wildman–Crippen LogP) is 3.57. The summed E-state index contributed by atoms with van der Waals surface area (Å²) < 4.78 is 0. The highest BCUT2D eigenvalue weighted by Gasteiger charge is 2.25. The summed E-state index contributed by atoms with van der Waals surface area (Å²) in [4.78, 5) is 13.2. The lowest BCUT2D eigenvalue weighted by Gasteiger charge is -2.30. The molecule has 0 spiro atoms. The first-order chi connectivity index (χ1) is 9.56. The molecule has 1 aromatic carbocycles. The van der Waals surface area contributed by atoms with Crippen molar-refractivity contribution in [1.29, 1.82) is 0 Å². The van der Waals surface area contributed by atoms with Gasteiger partial charge in [0, 0.05) is 10.9 Å². The van der Waals surface area contributed by atoms with Crippen LogP contribution in [0.5, 0.6) is 5.75 Å². The summed E-state index contributed by atoms with van der Waals surface area (Å²) in [6.45, 7) is 4.15. The molecule has 110 valence electrons. The fourth-order valence-electron chi connectivity index (χ4n) is 2.61. The molecular weight excluding hydrogens is 270 g/mol. The maximum Gasteiger partial charge on any atom is 0.233 e. The van der Waals surface area contributed by atoms with Crippen molar-refractivity contribution >= 4 is 17.7 Å². The molecule has 1 fully saturated rings. The Labute approximate surface area is 125 Å². The SMILES string of the molecule is CC(Sc1ccc(O)cc1)C(=O)NC1CCCCC1C. The van der Waals surface area contributed by atoms with Crippen molar-refractivity contribution in [2.24, 2.45) is 5.92 Å². The molecule has 0 radical (unpaired) electrons. The van der Waals surface area contributed by atoms with Crippen LogP contribution < -0.4 is 5.32 Å². The number of phenolic OH excluding ortho intramolecular Hbond substituents is 1. The summed E-state index contributed by atoms with van der Waals surface area (Å²) in [7, 11) is 0. The van der Waals surface area contributed by atoms with Gasteiger partial charge in [0.05, 0.1) is 5.25 Å². The van der Waals surface area contributed by atoms with Crippen molar-refractivity contribution in [3.63, 3.8) is 0 Å². The van der Waals surface area contributed by atoms with Gasteiger partial charge >= 0.3 is 0 Å². The molecule has 20 heavy (non-hydrogen) atoms. The minimum absolute atomic E-state index is 0.113. The normalized spacial score (nSPS) is 24.1. The van der Waals surface area contributed by atoms with Gasteiger partial charge in [-0.2, -0.15) is 0 Å². The average molecular weight is 293 g/mol. The number of aromatic hydroxyl groups is 1. The third-order valence-corrected chi connectivity index (χ3v) is 5.07. The first-order valence-electron chi connectivity index (χ1n) is 7.32. The Balaban J connectivity index is 1.86. The van der Waals surface area contributed by atoms with Gasteiger partial charge in [-0.05, 0) is 49.9 Å². The fraction of sp³-hybridized carbons (Fsp3) is 0.562. The number of nitrogens with one attached hydrogen (secondary N) is 1. The number of hydrogen-bond acceptors (Lipinski definition) is 3. The Morgan fingerprint density at radius 2 is 1.95 bits per heavy atom. The van der Waals surface area contributed by atoms with Gasteiger partial charge in [-0.15, -0.1) is 11.8 Å². The highest BCUT2D eigenvalue weighted by Crippen LogP contribution is 2.27.